The third-order valence-electron chi connectivity index (χ3n) is 2.93. The van der Waals surface area contributed by atoms with E-state index in [-0.39, 0.29) is 25.9 Å². The number of nitrogens with one attached hydrogen (secondary N) is 1. The molecule has 24 heavy (non-hydrogen) atoms. The van der Waals surface area contributed by atoms with Gasteiger partial charge in [0.1, 0.15) is 0 Å². The van der Waals surface area contributed by atoms with Crippen LogP contribution < -0.4 is 5.32 Å². The first-order valence-corrected chi connectivity index (χ1v) is 7.80. The Hall–Kier alpha value is -1.94. The van der Waals surface area contributed by atoms with Gasteiger partial charge in [-0.05, 0) is 34.1 Å². The molecule has 5 nitrogen and oxygen atoms in total. The van der Waals surface area contributed by atoms with Crippen molar-refractivity contribution in [2.75, 3.05) is 5.32 Å². The maximum atomic E-state index is 12.9. The lowest BCUT2D eigenvalue weighted by Gasteiger charge is -2.14. The Morgan fingerprint density at radius 1 is 1.12 bits per heavy atom. The van der Waals surface area contributed by atoms with Gasteiger partial charge in [-0.25, -0.2) is 0 Å². The number of hydrogen-bond acceptors (Lipinski definition) is 3. The minimum atomic E-state index is -4.61. The molecule has 0 spiro atoms. The SMILES string of the molecule is O=C(Nc1cc(C(F)(F)F)c(Br)cc1Br)c1cccc([N+](=O)[O-])c1. The molecule has 0 saturated heterocycles. The van der Waals surface area contributed by atoms with E-state index in [4.69, 9.17) is 0 Å². The monoisotopic (exact) mass is 466 g/mol. The lowest BCUT2D eigenvalue weighted by Crippen LogP contribution is -2.14. The van der Waals surface area contributed by atoms with E-state index in [9.17, 15) is 28.1 Å². The van der Waals surface area contributed by atoms with Crippen LogP contribution in [0.3, 0.4) is 0 Å². The summed E-state index contributed by atoms with van der Waals surface area (Å²) in [6, 6.07) is 6.79. The molecule has 0 unspecified atom stereocenters. The van der Waals surface area contributed by atoms with Crippen LogP contribution in [0.25, 0.3) is 0 Å². The number of halogens is 5. The summed E-state index contributed by atoms with van der Waals surface area (Å²) in [4.78, 5) is 22.2. The van der Waals surface area contributed by atoms with Crippen molar-refractivity contribution in [2.45, 2.75) is 6.18 Å². The summed E-state index contributed by atoms with van der Waals surface area (Å²) in [5.74, 6) is -0.769. The van der Waals surface area contributed by atoms with Crippen LogP contribution in [0.2, 0.25) is 0 Å². The number of hydrogen-bond donors (Lipinski definition) is 1. The lowest BCUT2D eigenvalue weighted by atomic mass is 10.1. The second-order valence-electron chi connectivity index (χ2n) is 4.57. The zero-order valence-corrected chi connectivity index (χ0v) is 14.7. The number of non-ortho nitro benzene ring substituents is 1. The fourth-order valence-corrected chi connectivity index (χ4v) is 3.14. The summed E-state index contributed by atoms with van der Waals surface area (Å²) < 4.78 is 38.8. The first kappa shape index (κ1) is 18.4. The second kappa shape index (κ2) is 6.89. The van der Waals surface area contributed by atoms with E-state index in [2.05, 4.69) is 37.2 Å². The molecule has 10 heteroatoms. The molecule has 0 radical (unpaired) electrons. The molecule has 0 bridgehead atoms. The Morgan fingerprint density at radius 3 is 2.38 bits per heavy atom. The van der Waals surface area contributed by atoms with Crippen molar-refractivity contribution in [1.29, 1.82) is 0 Å². The number of amides is 1. The van der Waals surface area contributed by atoms with Crippen LogP contribution in [0, 0.1) is 10.1 Å². The fraction of sp³-hybridized carbons (Fsp3) is 0.0714. The molecule has 0 aromatic heterocycles. The third-order valence-corrected chi connectivity index (χ3v) is 4.24. The number of benzene rings is 2. The average Bonchev–Trinajstić information content (AvgIpc) is 2.48. The van der Waals surface area contributed by atoms with E-state index in [0.29, 0.717) is 0 Å². The maximum Gasteiger partial charge on any atom is 0.417 e. The van der Waals surface area contributed by atoms with Gasteiger partial charge in [-0.15, -0.1) is 0 Å². The van der Waals surface area contributed by atoms with Crippen molar-refractivity contribution in [3.05, 3.63) is 66.6 Å². The average molecular weight is 468 g/mol. The highest BCUT2D eigenvalue weighted by Crippen LogP contribution is 2.39. The summed E-state index contributed by atoms with van der Waals surface area (Å²) >= 11 is 5.88. The van der Waals surface area contributed by atoms with Crippen LogP contribution in [0.4, 0.5) is 24.5 Å². The molecule has 1 N–H and O–H groups in total. The van der Waals surface area contributed by atoms with Crippen molar-refractivity contribution in [3.63, 3.8) is 0 Å². The molecule has 2 rings (SSSR count). The van der Waals surface area contributed by atoms with Crippen molar-refractivity contribution >= 4 is 49.1 Å². The van der Waals surface area contributed by atoms with E-state index in [1.807, 2.05) is 0 Å². The van der Waals surface area contributed by atoms with E-state index in [1.54, 1.807) is 0 Å². The summed E-state index contributed by atoms with van der Waals surface area (Å²) in [6.07, 6.45) is -4.61. The van der Waals surface area contributed by atoms with Gasteiger partial charge in [0.25, 0.3) is 11.6 Å². The van der Waals surface area contributed by atoms with Crippen molar-refractivity contribution in [1.82, 2.24) is 0 Å². The molecular formula is C14H7Br2F3N2O3. The molecule has 0 atom stereocenters. The number of carbonyl (C=O) groups is 1. The molecule has 0 saturated carbocycles. The number of nitro benzene ring substituents is 1. The quantitative estimate of drug-likeness (QED) is 0.485. The van der Waals surface area contributed by atoms with Gasteiger partial charge in [-0.1, -0.05) is 22.0 Å². The van der Waals surface area contributed by atoms with Gasteiger partial charge >= 0.3 is 6.18 Å². The Kier molecular flexibility index (Phi) is 5.29. The fourth-order valence-electron chi connectivity index (χ4n) is 1.82. The number of alkyl halides is 3. The van der Waals surface area contributed by atoms with Gasteiger partial charge in [0.15, 0.2) is 0 Å². The van der Waals surface area contributed by atoms with Crippen LogP contribution in [0.15, 0.2) is 45.3 Å². The molecule has 1 amide bonds. The molecule has 0 fully saturated rings. The highest BCUT2D eigenvalue weighted by Gasteiger charge is 2.34. The zero-order valence-electron chi connectivity index (χ0n) is 11.5. The predicted octanol–water partition coefficient (Wildman–Crippen LogP) is 5.39. The smallest absolute Gasteiger partial charge is 0.321 e. The van der Waals surface area contributed by atoms with E-state index in [1.165, 1.54) is 18.2 Å². The topological polar surface area (TPSA) is 72.2 Å². The van der Waals surface area contributed by atoms with Crippen LogP contribution >= 0.6 is 31.9 Å². The normalized spacial score (nSPS) is 11.2. The summed E-state index contributed by atoms with van der Waals surface area (Å²) in [7, 11) is 0. The first-order valence-electron chi connectivity index (χ1n) is 6.21. The van der Waals surface area contributed by atoms with E-state index >= 15 is 0 Å². The largest absolute Gasteiger partial charge is 0.417 e. The summed E-state index contributed by atoms with van der Waals surface area (Å²) in [5.41, 5.74) is -1.41. The van der Waals surface area contributed by atoms with Crippen molar-refractivity contribution < 1.29 is 22.9 Å². The molecule has 0 heterocycles. The summed E-state index contributed by atoms with van der Waals surface area (Å²) in [5, 5.41) is 13.0. The highest BCUT2D eigenvalue weighted by atomic mass is 79.9. The number of rotatable bonds is 3. The number of nitrogens with zero attached hydrogens (tertiary/aromatic N) is 1. The van der Waals surface area contributed by atoms with Crippen LogP contribution in [-0.4, -0.2) is 10.8 Å². The molecule has 126 valence electrons. The Morgan fingerprint density at radius 2 is 1.79 bits per heavy atom. The maximum absolute atomic E-state index is 12.9. The van der Waals surface area contributed by atoms with E-state index in [0.717, 1.165) is 18.2 Å². The van der Waals surface area contributed by atoms with Gasteiger partial charge in [0.05, 0.1) is 16.2 Å². The van der Waals surface area contributed by atoms with E-state index < -0.39 is 22.6 Å². The van der Waals surface area contributed by atoms with Crippen LogP contribution in [0.5, 0.6) is 0 Å². The molecule has 2 aromatic carbocycles. The lowest BCUT2D eigenvalue weighted by molar-refractivity contribution is -0.384. The number of carbonyl (C=O) groups excluding carboxylic acids is 1. The number of nitro groups is 1. The van der Waals surface area contributed by atoms with Crippen LogP contribution in [0.1, 0.15) is 15.9 Å². The zero-order chi connectivity index (χ0) is 18.1. The molecule has 2 aromatic rings. The van der Waals surface area contributed by atoms with Gasteiger partial charge < -0.3 is 5.32 Å². The minimum absolute atomic E-state index is 0.0485. The Bertz CT molecular complexity index is 825. The first-order chi connectivity index (χ1) is 11.1. The third kappa shape index (κ3) is 4.12. The van der Waals surface area contributed by atoms with Crippen molar-refractivity contribution in [3.8, 4) is 0 Å². The molecule has 0 aliphatic carbocycles. The molecule has 0 aliphatic heterocycles. The van der Waals surface area contributed by atoms with Gasteiger partial charge in [0, 0.05) is 26.6 Å². The molecular weight excluding hydrogens is 461 g/mol. The van der Waals surface area contributed by atoms with Gasteiger partial charge in [-0.3, -0.25) is 14.9 Å². The number of anilines is 1. The van der Waals surface area contributed by atoms with Gasteiger partial charge in [0.2, 0.25) is 0 Å². The van der Waals surface area contributed by atoms with Crippen LogP contribution in [-0.2, 0) is 6.18 Å². The van der Waals surface area contributed by atoms with Gasteiger partial charge in [-0.2, -0.15) is 13.2 Å². The minimum Gasteiger partial charge on any atom is -0.321 e. The standard InChI is InChI=1S/C14H7Br2F3N2O3/c15-10-6-11(16)12(5-9(10)14(17,18)19)20-13(22)7-2-1-3-8(4-7)21(23)24/h1-6H,(H,20,22). The highest BCUT2D eigenvalue weighted by molar-refractivity contribution is 9.11. The Balaban J connectivity index is 2.36. The summed E-state index contributed by atoms with van der Waals surface area (Å²) in [6.45, 7) is 0. The predicted molar refractivity (Wildman–Crippen MR) is 87.9 cm³/mol. The Labute approximate surface area is 150 Å². The second-order valence-corrected chi connectivity index (χ2v) is 6.28. The molecule has 0 aliphatic rings. The van der Waals surface area contributed by atoms with Crippen molar-refractivity contribution in [2.24, 2.45) is 0 Å².